The van der Waals surface area contributed by atoms with Gasteiger partial charge < -0.3 is 26.4 Å². The van der Waals surface area contributed by atoms with Crippen LogP contribution >= 0.6 is 0 Å². The standard InChI is InChI=1S/C39H47F2N7O6/c1-39(2,3)36(35-26(19-24-7-5-4-6-8-24)22-48(45-35)31-21-27(40)10-12-29(31)41)47(34(52)23-49)17-15-30(42)38(54)44-28-11-9-25(20-28)37(53)43-16-18-46-32(50)13-14-33(46)51/h4-8,10,12-14,21-22,25,28,30,36,49H,9,11,15-20,23,42H2,1-3H3,(H,43,53)(H,44,54)/t25-,28-,30+,36+/m1/s1. The van der Waals surface area contributed by atoms with Crippen molar-refractivity contribution in [2.45, 2.75) is 71.0 Å². The summed E-state index contributed by atoms with van der Waals surface area (Å²) in [4.78, 5) is 65.5. The van der Waals surface area contributed by atoms with Gasteiger partial charge in [-0.3, -0.25) is 28.9 Å². The molecule has 54 heavy (non-hydrogen) atoms. The van der Waals surface area contributed by atoms with Crippen molar-refractivity contribution in [1.82, 2.24) is 30.2 Å². The fraction of sp³-hybridized carbons (Fsp3) is 0.436. The Kier molecular flexibility index (Phi) is 12.7. The number of halogens is 2. The van der Waals surface area contributed by atoms with Crippen molar-refractivity contribution in [3.05, 3.63) is 95.3 Å². The van der Waals surface area contributed by atoms with Crippen molar-refractivity contribution in [1.29, 1.82) is 0 Å². The second kappa shape index (κ2) is 17.2. The summed E-state index contributed by atoms with van der Waals surface area (Å²) in [6, 6.07) is 10.4. The Hall–Kier alpha value is -5.28. The van der Waals surface area contributed by atoms with Gasteiger partial charge in [0.1, 0.15) is 23.9 Å². The number of amides is 5. The molecule has 3 aromatic rings. The summed E-state index contributed by atoms with van der Waals surface area (Å²) in [5.74, 6) is -3.87. The second-order valence-electron chi connectivity index (χ2n) is 14.8. The third-order valence-corrected chi connectivity index (χ3v) is 9.76. The Morgan fingerprint density at radius 1 is 1.06 bits per heavy atom. The monoisotopic (exact) mass is 747 g/mol. The molecule has 0 radical (unpaired) electrons. The highest BCUT2D eigenvalue weighted by Gasteiger charge is 2.39. The summed E-state index contributed by atoms with van der Waals surface area (Å²) in [6.45, 7) is 5.00. The quantitative estimate of drug-likeness (QED) is 0.171. The van der Waals surface area contributed by atoms with E-state index in [1.165, 1.54) is 21.7 Å². The van der Waals surface area contributed by atoms with E-state index in [9.17, 15) is 37.9 Å². The van der Waals surface area contributed by atoms with E-state index in [0.29, 0.717) is 36.9 Å². The largest absolute Gasteiger partial charge is 0.387 e. The number of rotatable bonds is 15. The average Bonchev–Trinajstić information content (AvgIpc) is 3.86. The number of aliphatic hydroxyl groups is 1. The molecule has 0 unspecified atom stereocenters. The van der Waals surface area contributed by atoms with Crippen molar-refractivity contribution in [3.8, 4) is 5.69 Å². The number of imide groups is 1. The first-order valence-electron chi connectivity index (χ1n) is 18.0. The lowest BCUT2D eigenvalue weighted by Crippen LogP contribution is -2.49. The van der Waals surface area contributed by atoms with Crippen LogP contribution < -0.4 is 16.4 Å². The number of benzene rings is 2. The normalized spacial score (nSPS) is 18.2. The molecule has 4 atom stereocenters. The molecule has 0 saturated heterocycles. The maximum absolute atomic E-state index is 15.0. The van der Waals surface area contributed by atoms with Crippen molar-refractivity contribution in [3.63, 3.8) is 0 Å². The zero-order valence-electron chi connectivity index (χ0n) is 30.6. The average molecular weight is 748 g/mol. The first-order valence-corrected chi connectivity index (χ1v) is 18.0. The first-order chi connectivity index (χ1) is 25.7. The zero-order chi connectivity index (χ0) is 39.2. The van der Waals surface area contributed by atoms with E-state index in [2.05, 4.69) is 10.6 Å². The summed E-state index contributed by atoms with van der Waals surface area (Å²) in [7, 11) is 0. The van der Waals surface area contributed by atoms with Gasteiger partial charge in [-0.25, -0.2) is 13.5 Å². The lowest BCUT2D eigenvalue weighted by molar-refractivity contribution is -0.140. The van der Waals surface area contributed by atoms with Crippen LogP contribution in [-0.4, -0.2) is 92.5 Å². The number of aliphatic hydroxyl groups excluding tert-OH is 1. The molecule has 15 heteroatoms. The molecule has 5 rings (SSSR count). The maximum Gasteiger partial charge on any atom is 0.253 e. The minimum Gasteiger partial charge on any atom is -0.387 e. The molecule has 1 aromatic heterocycles. The fourth-order valence-electron chi connectivity index (χ4n) is 7.06. The Balaban J connectivity index is 1.28. The molecule has 5 amide bonds. The molecule has 1 aliphatic carbocycles. The minimum absolute atomic E-state index is 0.0246. The number of hydrogen-bond donors (Lipinski definition) is 4. The summed E-state index contributed by atoms with van der Waals surface area (Å²) < 4.78 is 30.5. The van der Waals surface area contributed by atoms with Crippen LogP contribution in [0.4, 0.5) is 8.78 Å². The molecule has 5 N–H and O–H groups in total. The summed E-state index contributed by atoms with van der Waals surface area (Å²) in [5.41, 5.74) is 7.55. The number of aromatic nitrogens is 2. The number of nitrogens with two attached hydrogens (primary N) is 1. The van der Waals surface area contributed by atoms with Crippen LogP contribution in [0.2, 0.25) is 0 Å². The van der Waals surface area contributed by atoms with Gasteiger partial charge in [-0.1, -0.05) is 51.1 Å². The van der Waals surface area contributed by atoms with Gasteiger partial charge in [0.15, 0.2) is 0 Å². The molecule has 1 fully saturated rings. The van der Waals surface area contributed by atoms with Gasteiger partial charge >= 0.3 is 0 Å². The van der Waals surface area contributed by atoms with Crippen LogP contribution in [0.3, 0.4) is 0 Å². The van der Waals surface area contributed by atoms with Crippen molar-refractivity contribution in [2.24, 2.45) is 17.1 Å². The van der Waals surface area contributed by atoms with Crippen LogP contribution in [0.5, 0.6) is 0 Å². The molecule has 0 bridgehead atoms. The minimum atomic E-state index is -1.04. The van der Waals surface area contributed by atoms with Crippen molar-refractivity contribution < 1.29 is 37.9 Å². The Morgan fingerprint density at radius 2 is 1.76 bits per heavy atom. The molecule has 0 spiro atoms. The van der Waals surface area contributed by atoms with E-state index in [1.807, 2.05) is 51.1 Å². The van der Waals surface area contributed by atoms with Crippen molar-refractivity contribution >= 4 is 29.5 Å². The lowest BCUT2D eigenvalue weighted by Gasteiger charge is -2.40. The van der Waals surface area contributed by atoms with Gasteiger partial charge in [-0.05, 0) is 48.8 Å². The first kappa shape index (κ1) is 39.9. The van der Waals surface area contributed by atoms with E-state index >= 15 is 0 Å². The van der Waals surface area contributed by atoms with Crippen LogP contribution in [0.25, 0.3) is 5.69 Å². The molecular weight excluding hydrogens is 700 g/mol. The van der Waals surface area contributed by atoms with Crippen LogP contribution in [0.15, 0.2) is 66.9 Å². The topological polar surface area (TPSA) is 180 Å². The van der Waals surface area contributed by atoms with Gasteiger partial charge in [0.05, 0.1) is 17.8 Å². The summed E-state index contributed by atoms with van der Waals surface area (Å²) >= 11 is 0. The molecule has 2 heterocycles. The zero-order valence-corrected chi connectivity index (χ0v) is 30.6. The van der Waals surface area contributed by atoms with Gasteiger partial charge in [-0.2, -0.15) is 5.10 Å². The smallest absolute Gasteiger partial charge is 0.253 e. The lowest BCUT2D eigenvalue weighted by atomic mass is 9.81. The molecule has 2 aromatic carbocycles. The number of nitrogens with one attached hydrogen (secondary N) is 2. The molecular formula is C39H47F2N7O6. The number of hydrogen-bond acceptors (Lipinski definition) is 8. The van der Waals surface area contributed by atoms with E-state index in [-0.39, 0.29) is 49.6 Å². The predicted molar refractivity (Wildman–Crippen MR) is 194 cm³/mol. The Bertz CT molecular complexity index is 1880. The molecule has 2 aliphatic rings. The SMILES string of the molecule is CC(C)(C)[C@H](c1nn(-c2cc(F)ccc2F)cc1Cc1ccccc1)N(CC[C@H](N)C(=O)N[C@@H]1CC[C@@H](C(=O)NCCN2C(=O)C=CC2=O)C1)C(=O)CO. The van der Waals surface area contributed by atoms with Crippen LogP contribution in [-0.2, 0) is 30.4 Å². The van der Waals surface area contributed by atoms with Crippen LogP contribution in [0.1, 0.15) is 69.3 Å². The van der Waals surface area contributed by atoms with E-state index in [1.54, 1.807) is 6.20 Å². The van der Waals surface area contributed by atoms with E-state index < -0.39 is 59.4 Å². The summed E-state index contributed by atoms with van der Waals surface area (Å²) in [5, 5.41) is 20.5. The van der Waals surface area contributed by atoms with Crippen LogP contribution in [0, 0.1) is 23.0 Å². The highest BCUT2D eigenvalue weighted by molar-refractivity contribution is 6.12. The van der Waals surface area contributed by atoms with Crippen molar-refractivity contribution in [2.75, 3.05) is 26.2 Å². The Morgan fingerprint density at radius 3 is 2.43 bits per heavy atom. The predicted octanol–water partition coefficient (Wildman–Crippen LogP) is 2.69. The van der Waals surface area contributed by atoms with E-state index in [4.69, 9.17) is 10.8 Å². The van der Waals surface area contributed by atoms with Gasteiger partial charge in [0, 0.05) is 68.0 Å². The molecule has 1 aliphatic heterocycles. The Labute approximate surface area is 312 Å². The molecule has 288 valence electrons. The molecule has 1 saturated carbocycles. The third kappa shape index (κ3) is 9.63. The fourth-order valence-corrected chi connectivity index (χ4v) is 7.06. The second-order valence-corrected chi connectivity index (χ2v) is 14.8. The number of carbonyl (C=O) groups excluding carboxylic acids is 5. The van der Waals surface area contributed by atoms with E-state index in [0.717, 1.165) is 28.7 Å². The number of carbonyl (C=O) groups is 5. The van der Waals surface area contributed by atoms with Gasteiger partial charge in [-0.15, -0.1) is 0 Å². The highest BCUT2D eigenvalue weighted by atomic mass is 19.1. The summed E-state index contributed by atoms with van der Waals surface area (Å²) in [6.07, 6.45) is 5.82. The molecule has 13 nitrogen and oxygen atoms in total. The van der Waals surface area contributed by atoms with Gasteiger partial charge in [0.25, 0.3) is 11.8 Å². The maximum atomic E-state index is 15.0. The van der Waals surface area contributed by atoms with Gasteiger partial charge in [0.2, 0.25) is 17.7 Å². The number of nitrogens with zero attached hydrogens (tertiary/aromatic N) is 4. The highest BCUT2D eigenvalue weighted by Crippen LogP contribution is 2.40. The third-order valence-electron chi connectivity index (χ3n) is 9.76.